The molecule has 0 N–H and O–H groups in total. The van der Waals surface area contributed by atoms with E-state index in [1.54, 1.807) is 0 Å². The Morgan fingerprint density at radius 1 is 1.00 bits per heavy atom. The summed E-state index contributed by atoms with van der Waals surface area (Å²) in [6.07, 6.45) is -2.83. The minimum atomic E-state index is -4.14. The second-order valence-corrected chi connectivity index (χ2v) is 4.24. The Bertz CT molecular complexity index is 352. The highest BCUT2D eigenvalue weighted by atomic mass is 19.4. The molecule has 1 saturated carbocycles. The summed E-state index contributed by atoms with van der Waals surface area (Å²) in [5, 5.41) is 0. The summed E-state index contributed by atoms with van der Waals surface area (Å²) in [4.78, 5) is 0. The molecule has 0 aliphatic heterocycles. The lowest BCUT2D eigenvalue weighted by molar-refractivity contribution is -0.176. The fraction of sp³-hybridized carbons (Fsp3) is 0.500. The second-order valence-electron chi connectivity index (χ2n) is 4.24. The molecule has 0 aromatic heterocycles. The van der Waals surface area contributed by atoms with Crippen LogP contribution in [-0.4, -0.2) is 6.18 Å². The molecule has 1 aliphatic carbocycles. The second kappa shape index (κ2) is 4.07. The molecule has 0 radical (unpaired) electrons. The Hall–Kier alpha value is -1.06. The molecule has 4 heteroatoms. The van der Waals surface area contributed by atoms with Crippen molar-refractivity contribution in [2.24, 2.45) is 5.92 Å². The van der Waals surface area contributed by atoms with Crippen molar-refractivity contribution < 1.29 is 17.6 Å². The number of rotatable bonds is 1. The summed E-state index contributed by atoms with van der Waals surface area (Å²) in [6.45, 7) is 0. The normalized spacial score (nSPS) is 26.0. The Morgan fingerprint density at radius 2 is 1.62 bits per heavy atom. The van der Waals surface area contributed by atoms with Crippen LogP contribution in [0.15, 0.2) is 24.3 Å². The Kier molecular flexibility index (Phi) is 2.91. The van der Waals surface area contributed by atoms with Crippen molar-refractivity contribution in [3.63, 3.8) is 0 Å². The fourth-order valence-corrected chi connectivity index (χ4v) is 2.46. The summed E-state index contributed by atoms with van der Waals surface area (Å²) in [5.41, 5.74) is 0.598. The van der Waals surface area contributed by atoms with Crippen molar-refractivity contribution in [2.75, 3.05) is 0 Å². The zero-order valence-corrected chi connectivity index (χ0v) is 8.60. The van der Waals surface area contributed by atoms with E-state index in [0.717, 1.165) is 0 Å². The molecule has 0 heterocycles. The van der Waals surface area contributed by atoms with Crippen LogP contribution in [0, 0.1) is 11.7 Å². The largest absolute Gasteiger partial charge is 0.392 e. The van der Waals surface area contributed by atoms with Crippen LogP contribution in [0.3, 0.4) is 0 Å². The summed E-state index contributed by atoms with van der Waals surface area (Å²) in [5.74, 6) is -2.18. The SMILES string of the molecule is Fc1ccc(C2CCCC2C(F)(F)F)cc1. The molecule has 2 unspecified atom stereocenters. The van der Waals surface area contributed by atoms with Crippen molar-refractivity contribution in [1.29, 1.82) is 0 Å². The molecule has 0 nitrogen and oxygen atoms in total. The molecular formula is C12H12F4. The first kappa shape index (κ1) is 11.4. The molecule has 1 aromatic carbocycles. The maximum Gasteiger partial charge on any atom is 0.392 e. The minimum absolute atomic E-state index is 0.186. The van der Waals surface area contributed by atoms with E-state index in [4.69, 9.17) is 0 Å². The van der Waals surface area contributed by atoms with Gasteiger partial charge >= 0.3 is 6.18 Å². The van der Waals surface area contributed by atoms with Crippen molar-refractivity contribution in [3.8, 4) is 0 Å². The summed E-state index contributed by atoms with van der Waals surface area (Å²) < 4.78 is 50.8. The average molecular weight is 232 g/mol. The van der Waals surface area contributed by atoms with Crippen molar-refractivity contribution in [3.05, 3.63) is 35.6 Å². The van der Waals surface area contributed by atoms with Crippen LogP contribution < -0.4 is 0 Å². The lowest BCUT2D eigenvalue weighted by atomic mass is 9.88. The van der Waals surface area contributed by atoms with Gasteiger partial charge < -0.3 is 0 Å². The number of alkyl halides is 3. The van der Waals surface area contributed by atoms with Gasteiger partial charge in [-0.3, -0.25) is 0 Å². The molecule has 1 aliphatic rings. The van der Waals surface area contributed by atoms with Gasteiger partial charge in [-0.2, -0.15) is 13.2 Å². The molecule has 88 valence electrons. The van der Waals surface area contributed by atoms with E-state index in [1.165, 1.54) is 24.3 Å². The molecule has 16 heavy (non-hydrogen) atoms. The van der Waals surface area contributed by atoms with E-state index in [9.17, 15) is 17.6 Å². The molecule has 1 aromatic rings. The zero-order valence-electron chi connectivity index (χ0n) is 8.60. The Labute approximate surface area is 91.3 Å². The van der Waals surface area contributed by atoms with E-state index < -0.39 is 23.8 Å². The van der Waals surface area contributed by atoms with Crippen LogP contribution in [0.4, 0.5) is 17.6 Å². The number of hydrogen-bond donors (Lipinski definition) is 0. The number of benzene rings is 1. The van der Waals surface area contributed by atoms with E-state index in [0.29, 0.717) is 18.4 Å². The van der Waals surface area contributed by atoms with Gasteiger partial charge in [-0.15, -0.1) is 0 Å². The average Bonchev–Trinajstić information content (AvgIpc) is 2.66. The summed E-state index contributed by atoms with van der Waals surface area (Å²) >= 11 is 0. The first-order chi connectivity index (χ1) is 7.48. The van der Waals surface area contributed by atoms with Gasteiger partial charge in [0, 0.05) is 0 Å². The van der Waals surface area contributed by atoms with Crippen molar-refractivity contribution in [2.45, 2.75) is 31.4 Å². The van der Waals surface area contributed by atoms with Crippen LogP contribution in [0.1, 0.15) is 30.7 Å². The van der Waals surface area contributed by atoms with Gasteiger partial charge in [0.15, 0.2) is 0 Å². The quantitative estimate of drug-likeness (QED) is 0.634. The van der Waals surface area contributed by atoms with Crippen LogP contribution >= 0.6 is 0 Å². The lowest BCUT2D eigenvalue weighted by Gasteiger charge is -2.22. The molecule has 2 rings (SSSR count). The third-order valence-corrected chi connectivity index (χ3v) is 3.23. The standard InChI is InChI=1S/C12H12F4/c13-9-6-4-8(5-7-9)10-2-1-3-11(10)12(14,15)16/h4-7,10-11H,1-3H2. The van der Waals surface area contributed by atoms with Crippen LogP contribution in [-0.2, 0) is 0 Å². The van der Waals surface area contributed by atoms with Crippen LogP contribution in [0.25, 0.3) is 0 Å². The monoisotopic (exact) mass is 232 g/mol. The first-order valence-electron chi connectivity index (χ1n) is 5.30. The van der Waals surface area contributed by atoms with Gasteiger partial charge in [0.25, 0.3) is 0 Å². The third-order valence-electron chi connectivity index (χ3n) is 3.23. The Balaban J connectivity index is 2.23. The molecule has 2 atom stereocenters. The fourth-order valence-electron chi connectivity index (χ4n) is 2.46. The number of hydrogen-bond acceptors (Lipinski definition) is 0. The summed E-state index contributed by atoms with van der Waals surface area (Å²) in [6, 6.07) is 5.37. The van der Waals surface area contributed by atoms with Crippen LogP contribution in [0.2, 0.25) is 0 Å². The van der Waals surface area contributed by atoms with Gasteiger partial charge in [0.05, 0.1) is 5.92 Å². The third kappa shape index (κ3) is 2.20. The van der Waals surface area contributed by atoms with Crippen LogP contribution in [0.5, 0.6) is 0 Å². The van der Waals surface area contributed by atoms with E-state index in [-0.39, 0.29) is 6.42 Å². The smallest absolute Gasteiger partial charge is 0.207 e. The topological polar surface area (TPSA) is 0 Å². The molecule has 0 bridgehead atoms. The maximum atomic E-state index is 12.7. The van der Waals surface area contributed by atoms with Gasteiger partial charge in [0.1, 0.15) is 5.82 Å². The van der Waals surface area contributed by atoms with Gasteiger partial charge in [-0.1, -0.05) is 18.6 Å². The first-order valence-corrected chi connectivity index (χ1v) is 5.30. The van der Waals surface area contributed by atoms with Crippen molar-refractivity contribution in [1.82, 2.24) is 0 Å². The van der Waals surface area contributed by atoms with Gasteiger partial charge in [0.2, 0.25) is 0 Å². The highest BCUT2D eigenvalue weighted by molar-refractivity contribution is 5.22. The number of halogens is 4. The highest BCUT2D eigenvalue weighted by Crippen LogP contribution is 2.47. The highest BCUT2D eigenvalue weighted by Gasteiger charge is 2.47. The maximum absolute atomic E-state index is 12.7. The predicted molar refractivity (Wildman–Crippen MR) is 52.5 cm³/mol. The van der Waals surface area contributed by atoms with Crippen molar-refractivity contribution >= 4 is 0 Å². The van der Waals surface area contributed by atoms with E-state index >= 15 is 0 Å². The van der Waals surface area contributed by atoms with E-state index in [1.807, 2.05) is 0 Å². The molecular weight excluding hydrogens is 220 g/mol. The van der Waals surface area contributed by atoms with Gasteiger partial charge in [-0.05, 0) is 36.5 Å². The molecule has 0 spiro atoms. The minimum Gasteiger partial charge on any atom is -0.207 e. The molecule has 1 fully saturated rings. The molecule has 0 saturated heterocycles. The van der Waals surface area contributed by atoms with E-state index in [2.05, 4.69) is 0 Å². The van der Waals surface area contributed by atoms with Gasteiger partial charge in [-0.25, -0.2) is 4.39 Å². The Morgan fingerprint density at radius 3 is 2.19 bits per heavy atom. The summed E-state index contributed by atoms with van der Waals surface area (Å²) in [7, 11) is 0. The molecule has 0 amide bonds. The zero-order chi connectivity index (χ0) is 11.8. The lowest BCUT2D eigenvalue weighted by Crippen LogP contribution is -2.25. The predicted octanol–water partition coefficient (Wildman–Crippen LogP) is 4.27.